The minimum atomic E-state index is 0.268. The lowest BCUT2D eigenvalue weighted by molar-refractivity contribution is 0.799. The lowest BCUT2D eigenvalue weighted by atomic mass is 9.99. The molecule has 0 saturated heterocycles. The lowest BCUT2D eigenvalue weighted by Crippen LogP contribution is -1.88. The number of aromatic amines is 2. The molecule has 0 unspecified atom stereocenters. The number of nitrogens with zero attached hydrogens (tertiary/aromatic N) is 4. The average molecular weight is 475 g/mol. The van der Waals surface area contributed by atoms with Crippen LogP contribution in [0.1, 0.15) is 31.4 Å². The summed E-state index contributed by atoms with van der Waals surface area (Å²) in [5, 5.41) is 12.9. The zero-order valence-corrected chi connectivity index (χ0v) is 20.4. The molecule has 0 radical (unpaired) electrons. The zero-order valence-electron chi connectivity index (χ0n) is 19.5. The number of hydrogen-bond acceptors (Lipinski definition) is 5. The van der Waals surface area contributed by atoms with Gasteiger partial charge in [-0.15, -0.1) is 11.3 Å². The van der Waals surface area contributed by atoms with Gasteiger partial charge in [0, 0.05) is 43.4 Å². The Labute approximate surface area is 205 Å². The molecule has 2 N–H and O–H groups in total. The molecule has 170 valence electrons. The number of aryl methyl sites for hydroxylation is 1. The van der Waals surface area contributed by atoms with Gasteiger partial charge in [-0.3, -0.25) is 5.10 Å². The third-order valence-electron chi connectivity index (χ3n) is 6.60. The van der Waals surface area contributed by atoms with Gasteiger partial charge >= 0.3 is 0 Å². The highest BCUT2D eigenvalue weighted by molar-refractivity contribution is 7.22. The Morgan fingerprint density at radius 2 is 1.66 bits per heavy atom. The van der Waals surface area contributed by atoms with Crippen molar-refractivity contribution < 1.29 is 0 Å². The van der Waals surface area contributed by atoms with E-state index in [9.17, 15) is 0 Å². The van der Waals surface area contributed by atoms with E-state index in [2.05, 4.69) is 76.5 Å². The quantitative estimate of drug-likeness (QED) is 0.262. The second-order valence-electron chi connectivity index (χ2n) is 9.30. The van der Waals surface area contributed by atoms with Crippen LogP contribution in [0.2, 0.25) is 0 Å². The second kappa shape index (κ2) is 7.45. The molecule has 0 saturated carbocycles. The van der Waals surface area contributed by atoms with Gasteiger partial charge in [-0.05, 0) is 41.5 Å². The summed E-state index contributed by atoms with van der Waals surface area (Å²) in [5.74, 6) is 2.06. The smallest absolute Gasteiger partial charge is 0.132 e. The van der Waals surface area contributed by atoms with Crippen molar-refractivity contribution in [3.8, 4) is 21.7 Å². The van der Waals surface area contributed by atoms with Crippen LogP contribution in [0, 0.1) is 6.92 Å². The van der Waals surface area contributed by atoms with Crippen LogP contribution in [0.3, 0.4) is 0 Å². The zero-order chi connectivity index (χ0) is 23.7. The number of rotatable bonds is 3. The van der Waals surface area contributed by atoms with Gasteiger partial charge in [0.25, 0.3) is 0 Å². The number of imidazole rings is 2. The minimum Gasteiger partial charge on any atom is -0.342 e. The Hall–Kier alpha value is -4.10. The molecule has 7 rings (SSSR count). The molecule has 0 bridgehead atoms. The van der Waals surface area contributed by atoms with Gasteiger partial charge in [0.05, 0.1) is 23.6 Å². The molecule has 0 fully saturated rings. The van der Waals surface area contributed by atoms with E-state index in [0.29, 0.717) is 0 Å². The molecule has 35 heavy (non-hydrogen) atoms. The Morgan fingerprint density at radius 3 is 2.46 bits per heavy atom. The molecule has 7 aromatic rings. The highest BCUT2D eigenvalue weighted by Gasteiger charge is 2.17. The first-order valence-electron chi connectivity index (χ1n) is 11.7. The Kier molecular flexibility index (Phi) is 4.32. The Morgan fingerprint density at radius 1 is 0.829 bits per heavy atom. The maximum atomic E-state index is 4.91. The molecular formula is C28H22N6S. The van der Waals surface area contributed by atoms with Gasteiger partial charge in [0.15, 0.2) is 0 Å². The topological polar surface area (TPSA) is 83.1 Å². The number of thiophene rings is 1. The second-order valence-corrected chi connectivity index (χ2v) is 10.4. The van der Waals surface area contributed by atoms with E-state index in [0.717, 1.165) is 55.5 Å². The molecule has 0 amide bonds. The maximum absolute atomic E-state index is 4.91. The molecular weight excluding hydrogens is 452 g/mol. The van der Waals surface area contributed by atoms with Crippen molar-refractivity contribution in [3.63, 3.8) is 0 Å². The van der Waals surface area contributed by atoms with Crippen molar-refractivity contribution in [3.05, 3.63) is 72.7 Å². The highest BCUT2D eigenvalue weighted by atomic mass is 32.1. The van der Waals surface area contributed by atoms with Crippen molar-refractivity contribution in [1.82, 2.24) is 30.1 Å². The highest BCUT2D eigenvalue weighted by Crippen LogP contribution is 2.40. The van der Waals surface area contributed by atoms with Crippen LogP contribution < -0.4 is 0 Å². The molecule has 4 aromatic heterocycles. The third kappa shape index (κ3) is 3.15. The number of H-pyrrole nitrogens is 2. The molecule has 6 nitrogen and oxygen atoms in total. The third-order valence-corrected chi connectivity index (χ3v) is 7.75. The fraction of sp³-hybridized carbons (Fsp3) is 0.143. The molecule has 0 spiro atoms. The number of nitrogens with one attached hydrogen (secondary N) is 2. The first-order chi connectivity index (χ1) is 17.0. The van der Waals surface area contributed by atoms with E-state index < -0.39 is 0 Å². The van der Waals surface area contributed by atoms with E-state index in [1.165, 1.54) is 20.5 Å². The number of benzene rings is 3. The SMILES string of the molecule is Cc1ncc(-c2ccc3cc(-c4ccc5c(c4)c4c[nH]ncc4c4nc(C(C)C)nc54)sc3c2)[nH]1. The van der Waals surface area contributed by atoms with Gasteiger partial charge in [-0.1, -0.05) is 38.1 Å². The average Bonchev–Trinajstić information content (AvgIpc) is 3.61. The summed E-state index contributed by atoms with van der Waals surface area (Å²) in [6, 6.07) is 15.5. The first-order valence-corrected chi connectivity index (χ1v) is 12.5. The number of fused-ring (bicyclic) bond motifs is 7. The van der Waals surface area contributed by atoms with Crippen LogP contribution in [0.4, 0.5) is 0 Å². The largest absolute Gasteiger partial charge is 0.342 e. The van der Waals surface area contributed by atoms with E-state index in [1.807, 2.05) is 36.9 Å². The monoisotopic (exact) mass is 474 g/mol. The van der Waals surface area contributed by atoms with Crippen LogP contribution in [0.25, 0.3) is 64.4 Å². The summed E-state index contributed by atoms with van der Waals surface area (Å²) >= 11 is 1.81. The molecule has 0 aliphatic rings. The van der Waals surface area contributed by atoms with Crippen LogP contribution in [-0.2, 0) is 0 Å². The van der Waals surface area contributed by atoms with E-state index >= 15 is 0 Å². The predicted molar refractivity (Wildman–Crippen MR) is 144 cm³/mol. The summed E-state index contributed by atoms with van der Waals surface area (Å²) < 4.78 is 1.26. The molecule has 0 aliphatic carbocycles. The summed E-state index contributed by atoms with van der Waals surface area (Å²) in [6.45, 7) is 6.23. The van der Waals surface area contributed by atoms with Crippen molar-refractivity contribution in [2.75, 3.05) is 0 Å². The molecule has 0 aliphatic heterocycles. The minimum absolute atomic E-state index is 0.268. The van der Waals surface area contributed by atoms with E-state index in [4.69, 9.17) is 9.97 Å². The summed E-state index contributed by atoms with van der Waals surface area (Å²) in [5.41, 5.74) is 5.26. The Bertz CT molecular complexity index is 1910. The van der Waals surface area contributed by atoms with Gasteiger partial charge in [-0.2, -0.15) is 5.10 Å². The Balaban J connectivity index is 1.42. The molecule has 0 atom stereocenters. The number of hydrogen-bond donors (Lipinski definition) is 2. The van der Waals surface area contributed by atoms with Gasteiger partial charge in [0.1, 0.15) is 17.2 Å². The maximum Gasteiger partial charge on any atom is 0.132 e. The van der Waals surface area contributed by atoms with Crippen LogP contribution in [0.15, 0.2) is 61.1 Å². The van der Waals surface area contributed by atoms with E-state index in [-0.39, 0.29) is 5.92 Å². The summed E-state index contributed by atoms with van der Waals surface area (Å²) in [4.78, 5) is 18.7. The van der Waals surface area contributed by atoms with Crippen molar-refractivity contribution in [2.45, 2.75) is 26.7 Å². The summed E-state index contributed by atoms with van der Waals surface area (Å²) in [6.07, 6.45) is 5.72. The van der Waals surface area contributed by atoms with Crippen LogP contribution in [0.5, 0.6) is 0 Å². The van der Waals surface area contributed by atoms with Crippen molar-refractivity contribution in [1.29, 1.82) is 0 Å². The molecule has 4 heterocycles. The molecule has 3 aromatic carbocycles. The van der Waals surface area contributed by atoms with Crippen molar-refractivity contribution in [2.24, 2.45) is 0 Å². The number of aromatic nitrogens is 6. The normalized spacial score (nSPS) is 12.1. The van der Waals surface area contributed by atoms with Gasteiger partial charge < -0.3 is 4.98 Å². The van der Waals surface area contributed by atoms with Crippen molar-refractivity contribution >= 4 is 54.0 Å². The first kappa shape index (κ1) is 20.3. The lowest BCUT2D eigenvalue weighted by Gasteiger charge is -2.07. The fourth-order valence-electron chi connectivity index (χ4n) is 4.79. The van der Waals surface area contributed by atoms with Gasteiger partial charge in [-0.25, -0.2) is 15.0 Å². The van der Waals surface area contributed by atoms with Gasteiger partial charge in [0.2, 0.25) is 0 Å². The van der Waals surface area contributed by atoms with Crippen LogP contribution in [-0.4, -0.2) is 30.1 Å². The standard InChI is InChI=1S/C28H22N6S/c1-14(2)28-33-26-19-7-6-17(8-20(19)21-11-30-31-12-22(21)27(26)34-28)25-10-18-5-4-16(9-24(18)35-25)23-13-29-15(3)32-23/h4-14,30H,1-3H3,(H,29,32). The summed E-state index contributed by atoms with van der Waals surface area (Å²) in [7, 11) is 0. The fourth-order valence-corrected chi connectivity index (χ4v) is 5.89. The van der Waals surface area contributed by atoms with E-state index in [1.54, 1.807) is 0 Å². The van der Waals surface area contributed by atoms with Crippen LogP contribution >= 0.6 is 11.3 Å². The molecule has 7 heteroatoms. The predicted octanol–water partition coefficient (Wildman–Crippen LogP) is 7.36.